The van der Waals surface area contributed by atoms with Crippen molar-refractivity contribution in [3.63, 3.8) is 0 Å². The van der Waals surface area contributed by atoms with Gasteiger partial charge in [0.1, 0.15) is 0 Å². The standard InChI is InChI=1S/C23H30N2O3S/c1-18-12-15-25(16-13-18)29(27,28)21-11-10-19(2)22(17-21)23(26)24-14-6-9-20-7-4-3-5-8-20/h3-5,7-8,10-11,17-18H,6,9,12-16H2,1-2H3,(H,24,26). The number of aryl methyl sites for hydroxylation is 2. The van der Waals surface area contributed by atoms with E-state index in [-0.39, 0.29) is 10.8 Å². The molecule has 1 saturated heterocycles. The number of piperidine rings is 1. The first-order chi connectivity index (χ1) is 13.9. The van der Waals surface area contributed by atoms with E-state index >= 15 is 0 Å². The molecule has 29 heavy (non-hydrogen) atoms. The Morgan fingerprint density at radius 3 is 2.48 bits per heavy atom. The first-order valence-corrected chi connectivity index (χ1v) is 11.7. The van der Waals surface area contributed by atoms with Crippen LogP contribution in [0.3, 0.4) is 0 Å². The average Bonchev–Trinajstić information content (AvgIpc) is 2.72. The van der Waals surface area contributed by atoms with Gasteiger partial charge in [-0.15, -0.1) is 0 Å². The normalized spacial score (nSPS) is 15.9. The molecule has 6 heteroatoms. The Hall–Kier alpha value is -2.18. The summed E-state index contributed by atoms with van der Waals surface area (Å²) >= 11 is 0. The average molecular weight is 415 g/mol. The van der Waals surface area contributed by atoms with Crippen LogP contribution in [-0.4, -0.2) is 38.3 Å². The summed E-state index contributed by atoms with van der Waals surface area (Å²) in [6.45, 7) is 5.61. The fraction of sp³-hybridized carbons (Fsp3) is 0.435. The first kappa shape index (κ1) is 21.5. The molecule has 1 aliphatic heterocycles. The van der Waals surface area contributed by atoms with E-state index in [1.807, 2.05) is 25.1 Å². The monoisotopic (exact) mass is 414 g/mol. The molecule has 1 N–H and O–H groups in total. The Morgan fingerprint density at radius 2 is 1.79 bits per heavy atom. The number of nitrogens with zero attached hydrogens (tertiary/aromatic N) is 1. The first-order valence-electron chi connectivity index (χ1n) is 10.3. The minimum absolute atomic E-state index is 0.201. The maximum atomic E-state index is 13.0. The molecule has 0 unspecified atom stereocenters. The largest absolute Gasteiger partial charge is 0.352 e. The van der Waals surface area contributed by atoms with E-state index in [1.54, 1.807) is 16.4 Å². The van der Waals surface area contributed by atoms with Crippen molar-refractivity contribution in [3.05, 3.63) is 65.2 Å². The quantitative estimate of drug-likeness (QED) is 0.701. The van der Waals surface area contributed by atoms with Gasteiger partial charge in [-0.05, 0) is 61.8 Å². The lowest BCUT2D eigenvalue weighted by Crippen LogP contribution is -2.38. The maximum absolute atomic E-state index is 13.0. The number of rotatable bonds is 7. The van der Waals surface area contributed by atoms with Gasteiger partial charge in [0.2, 0.25) is 10.0 Å². The molecule has 2 aromatic rings. The van der Waals surface area contributed by atoms with Crippen molar-refractivity contribution in [2.45, 2.75) is 44.4 Å². The molecule has 1 aliphatic rings. The Labute approximate surface area is 174 Å². The van der Waals surface area contributed by atoms with E-state index in [0.29, 0.717) is 31.1 Å². The fourth-order valence-electron chi connectivity index (χ4n) is 3.61. The van der Waals surface area contributed by atoms with Crippen LogP contribution in [0.4, 0.5) is 0 Å². The lowest BCUT2D eigenvalue weighted by Gasteiger charge is -2.29. The molecule has 1 heterocycles. The number of carbonyl (C=O) groups excluding carboxylic acids is 1. The van der Waals surface area contributed by atoms with Crippen LogP contribution < -0.4 is 5.32 Å². The zero-order valence-electron chi connectivity index (χ0n) is 17.2. The molecule has 2 aromatic carbocycles. The second kappa shape index (κ2) is 9.55. The molecular formula is C23H30N2O3S. The number of benzene rings is 2. The molecule has 0 aromatic heterocycles. The van der Waals surface area contributed by atoms with Gasteiger partial charge in [0.25, 0.3) is 5.91 Å². The summed E-state index contributed by atoms with van der Waals surface area (Å²) in [6, 6.07) is 15.0. The van der Waals surface area contributed by atoms with Crippen LogP contribution in [0.1, 0.15) is 47.7 Å². The van der Waals surface area contributed by atoms with Gasteiger partial charge in [0.05, 0.1) is 4.90 Å². The van der Waals surface area contributed by atoms with E-state index in [9.17, 15) is 13.2 Å². The Balaban J connectivity index is 1.64. The minimum atomic E-state index is -3.57. The lowest BCUT2D eigenvalue weighted by atomic mass is 10.0. The predicted molar refractivity (Wildman–Crippen MR) is 115 cm³/mol. The van der Waals surface area contributed by atoms with E-state index in [4.69, 9.17) is 0 Å². The molecule has 3 rings (SSSR count). The Kier molecular flexibility index (Phi) is 7.09. The van der Waals surface area contributed by atoms with Gasteiger partial charge in [-0.25, -0.2) is 8.42 Å². The summed E-state index contributed by atoms with van der Waals surface area (Å²) < 4.78 is 27.5. The number of amides is 1. The molecule has 1 fully saturated rings. The third-order valence-corrected chi connectivity index (χ3v) is 7.50. The number of nitrogens with one attached hydrogen (secondary N) is 1. The fourth-order valence-corrected chi connectivity index (χ4v) is 5.11. The summed E-state index contributed by atoms with van der Waals surface area (Å²) in [4.78, 5) is 12.9. The molecule has 0 aliphatic carbocycles. The zero-order valence-corrected chi connectivity index (χ0v) is 18.0. The predicted octanol–water partition coefficient (Wildman–Crippen LogP) is 3.78. The molecule has 156 valence electrons. The number of hydrogen-bond donors (Lipinski definition) is 1. The Morgan fingerprint density at radius 1 is 1.10 bits per heavy atom. The van der Waals surface area contributed by atoms with E-state index < -0.39 is 10.0 Å². The van der Waals surface area contributed by atoms with Crippen LogP contribution in [-0.2, 0) is 16.4 Å². The molecule has 0 bridgehead atoms. The van der Waals surface area contributed by atoms with Crippen LogP contribution in [0.2, 0.25) is 0 Å². The van der Waals surface area contributed by atoms with E-state index in [1.165, 1.54) is 11.6 Å². The van der Waals surface area contributed by atoms with Crippen LogP contribution in [0, 0.1) is 12.8 Å². The second-order valence-corrected chi connectivity index (χ2v) is 9.85. The summed E-state index contributed by atoms with van der Waals surface area (Å²) in [5.41, 5.74) is 2.44. The van der Waals surface area contributed by atoms with Gasteiger partial charge in [0.15, 0.2) is 0 Å². The molecule has 0 saturated carbocycles. The van der Waals surface area contributed by atoms with Crippen LogP contribution in [0.25, 0.3) is 0 Å². The highest BCUT2D eigenvalue weighted by atomic mass is 32.2. The van der Waals surface area contributed by atoms with Gasteiger partial charge in [0, 0.05) is 25.2 Å². The van der Waals surface area contributed by atoms with Crippen LogP contribution in [0.15, 0.2) is 53.4 Å². The van der Waals surface area contributed by atoms with Crippen molar-refractivity contribution in [3.8, 4) is 0 Å². The third-order valence-electron chi connectivity index (χ3n) is 5.60. The van der Waals surface area contributed by atoms with E-state index in [0.717, 1.165) is 31.2 Å². The molecule has 5 nitrogen and oxygen atoms in total. The van der Waals surface area contributed by atoms with Gasteiger partial charge in [-0.2, -0.15) is 4.31 Å². The summed E-state index contributed by atoms with van der Waals surface area (Å²) in [5.74, 6) is 0.330. The highest BCUT2D eigenvalue weighted by Gasteiger charge is 2.28. The van der Waals surface area contributed by atoms with Crippen molar-refractivity contribution in [1.82, 2.24) is 9.62 Å². The third kappa shape index (κ3) is 5.46. The van der Waals surface area contributed by atoms with Crippen molar-refractivity contribution in [1.29, 1.82) is 0 Å². The molecule has 0 radical (unpaired) electrons. The summed E-state index contributed by atoms with van der Waals surface area (Å²) in [7, 11) is -3.57. The van der Waals surface area contributed by atoms with Gasteiger partial charge in [-0.1, -0.05) is 43.3 Å². The van der Waals surface area contributed by atoms with Crippen molar-refractivity contribution < 1.29 is 13.2 Å². The van der Waals surface area contributed by atoms with Crippen LogP contribution in [0.5, 0.6) is 0 Å². The lowest BCUT2D eigenvalue weighted by molar-refractivity contribution is 0.0952. The molecule has 0 spiro atoms. The highest BCUT2D eigenvalue weighted by Crippen LogP contribution is 2.25. The summed E-state index contributed by atoms with van der Waals surface area (Å²) in [6.07, 6.45) is 3.47. The smallest absolute Gasteiger partial charge is 0.251 e. The van der Waals surface area contributed by atoms with Gasteiger partial charge in [-0.3, -0.25) is 4.79 Å². The highest BCUT2D eigenvalue weighted by molar-refractivity contribution is 7.89. The van der Waals surface area contributed by atoms with Crippen molar-refractivity contribution in [2.24, 2.45) is 5.92 Å². The van der Waals surface area contributed by atoms with Gasteiger partial charge < -0.3 is 5.32 Å². The Bertz CT molecular complexity index is 934. The minimum Gasteiger partial charge on any atom is -0.352 e. The SMILES string of the molecule is Cc1ccc(S(=O)(=O)N2CCC(C)CC2)cc1C(=O)NCCCc1ccccc1. The second-order valence-electron chi connectivity index (χ2n) is 7.91. The number of hydrogen-bond acceptors (Lipinski definition) is 3. The van der Waals surface area contributed by atoms with Crippen molar-refractivity contribution >= 4 is 15.9 Å². The molecule has 0 atom stereocenters. The number of carbonyl (C=O) groups is 1. The molecular weight excluding hydrogens is 384 g/mol. The van der Waals surface area contributed by atoms with Gasteiger partial charge >= 0.3 is 0 Å². The van der Waals surface area contributed by atoms with E-state index in [2.05, 4.69) is 24.4 Å². The molecule has 1 amide bonds. The maximum Gasteiger partial charge on any atom is 0.251 e. The van der Waals surface area contributed by atoms with Crippen LogP contribution >= 0.6 is 0 Å². The summed E-state index contributed by atoms with van der Waals surface area (Å²) in [5, 5.41) is 2.93. The van der Waals surface area contributed by atoms with Crippen molar-refractivity contribution in [2.75, 3.05) is 19.6 Å². The topological polar surface area (TPSA) is 66.5 Å². The zero-order chi connectivity index (χ0) is 20.9. The number of sulfonamides is 1.